The molecule has 94 valence electrons. The van der Waals surface area contributed by atoms with E-state index in [1.54, 1.807) is 17.5 Å². The molecule has 1 aromatic rings. The van der Waals surface area contributed by atoms with Gasteiger partial charge in [-0.2, -0.15) is 0 Å². The highest BCUT2D eigenvalue weighted by atomic mass is 32.1. The van der Waals surface area contributed by atoms with Crippen molar-refractivity contribution in [1.82, 2.24) is 10.3 Å². The Balaban J connectivity index is 1.97. The fraction of sp³-hybridized carbons (Fsp3) is 0.667. The van der Waals surface area contributed by atoms with Crippen molar-refractivity contribution < 1.29 is 4.79 Å². The first-order valence-electron chi connectivity index (χ1n) is 6.17. The Morgan fingerprint density at radius 2 is 2.53 bits per heavy atom. The Morgan fingerprint density at radius 1 is 1.71 bits per heavy atom. The molecule has 1 aromatic heterocycles. The standard InChI is InChI=1S/C12H19N3OS/c1-2-10(12-14-6-7-17-12)15-11(16)8-4-3-5-9(8)13/h6-10H,2-5,13H2,1H3,(H,15,16). The van der Waals surface area contributed by atoms with Gasteiger partial charge in [0, 0.05) is 17.6 Å². The number of aromatic nitrogens is 1. The van der Waals surface area contributed by atoms with Gasteiger partial charge in [-0.05, 0) is 19.3 Å². The summed E-state index contributed by atoms with van der Waals surface area (Å²) < 4.78 is 0. The van der Waals surface area contributed by atoms with Gasteiger partial charge in [-0.1, -0.05) is 13.3 Å². The molecule has 1 saturated carbocycles. The Hall–Kier alpha value is -0.940. The van der Waals surface area contributed by atoms with Gasteiger partial charge >= 0.3 is 0 Å². The van der Waals surface area contributed by atoms with Crippen molar-refractivity contribution in [2.75, 3.05) is 0 Å². The first kappa shape index (κ1) is 12.5. The van der Waals surface area contributed by atoms with Crippen LogP contribution in [0.1, 0.15) is 43.7 Å². The fourth-order valence-corrected chi connectivity index (χ4v) is 3.11. The Morgan fingerprint density at radius 3 is 3.06 bits per heavy atom. The van der Waals surface area contributed by atoms with Crippen molar-refractivity contribution in [3.63, 3.8) is 0 Å². The third-order valence-corrected chi connectivity index (χ3v) is 4.27. The van der Waals surface area contributed by atoms with E-state index in [2.05, 4.69) is 17.2 Å². The molecule has 0 spiro atoms. The van der Waals surface area contributed by atoms with Crippen molar-refractivity contribution in [2.45, 2.75) is 44.7 Å². The van der Waals surface area contributed by atoms with Crippen LogP contribution in [-0.2, 0) is 4.79 Å². The van der Waals surface area contributed by atoms with Gasteiger partial charge < -0.3 is 11.1 Å². The first-order chi connectivity index (χ1) is 8.22. The topological polar surface area (TPSA) is 68.0 Å². The highest BCUT2D eigenvalue weighted by molar-refractivity contribution is 7.09. The van der Waals surface area contributed by atoms with E-state index in [-0.39, 0.29) is 23.9 Å². The number of hydrogen-bond donors (Lipinski definition) is 2. The molecular formula is C12H19N3OS. The predicted molar refractivity (Wildman–Crippen MR) is 68.6 cm³/mol. The van der Waals surface area contributed by atoms with Crippen molar-refractivity contribution in [2.24, 2.45) is 11.7 Å². The summed E-state index contributed by atoms with van der Waals surface area (Å²) in [6.45, 7) is 2.06. The van der Waals surface area contributed by atoms with Gasteiger partial charge in [-0.3, -0.25) is 4.79 Å². The SMILES string of the molecule is CCC(NC(=O)C1CCCC1N)c1nccs1. The molecule has 1 aliphatic rings. The quantitative estimate of drug-likeness (QED) is 0.860. The maximum Gasteiger partial charge on any atom is 0.225 e. The molecule has 17 heavy (non-hydrogen) atoms. The number of thiazole rings is 1. The van der Waals surface area contributed by atoms with Crippen LogP contribution in [0.4, 0.5) is 0 Å². The Kier molecular flexibility index (Phi) is 4.12. The molecule has 2 rings (SSSR count). The van der Waals surface area contributed by atoms with Crippen molar-refractivity contribution in [3.8, 4) is 0 Å². The van der Waals surface area contributed by atoms with Gasteiger partial charge in [0.25, 0.3) is 0 Å². The molecule has 0 saturated heterocycles. The van der Waals surface area contributed by atoms with Gasteiger partial charge in [-0.15, -0.1) is 11.3 Å². The summed E-state index contributed by atoms with van der Waals surface area (Å²) in [4.78, 5) is 16.4. The van der Waals surface area contributed by atoms with Gasteiger partial charge in [0.1, 0.15) is 5.01 Å². The summed E-state index contributed by atoms with van der Waals surface area (Å²) in [5.41, 5.74) is 5.94. The molecular weight excluding hydrogens is 234 g/mol. The van der Waals surface area contributed by atoms with Crippen molar-refractivity contribution >= 4 is 17.2 Å². The molecule has 4 nitrogen and oxygen atoms in total. The average molecular weight is 253 g/mol. The zero-order valence-electron chi connectivity index (χ0n) is 10.1. The number of amides is 1. The number of rotatable bonds is 4. The lowest BCUT2D eigenvalue weighted by molar-refractivity contribution is -0.126. The highest BCUT2D eigenvalue weighted by Crippen LogP contribution is 2.26. The lowest BCUT2D eigenvalue weighted by Gasteiger charge is -2.20. The lowest BCUT2D eigenvalue weighted by atomic mass is 10.0. The molecule has 1 heterocycles. The summed E-state index contributed by atoms with van der Waals surface area (Å²) in [7, 11) is 0. The van der Waals surface area contributed by atoms with Gasteiger partial charge in [-0.25, -0.2) is 4.98 Å². The van der Waals surface area contributed by atoms with E-state index in [9.17, 15) is 4.79 Å². The maximum atomic E-state index is 12.1. The van der Waals surface area contributed by atoms with Gasteiger partial charge in [0.2, 0.25) is 5.91 Å². The number of carbonyl (C=O) groups excluding carboxylic acids is 1. The first-order valence-corrected chi connectivity index (χ1v) is 7.05. The number of carbonyl (C=O) groups is 1. The van der Waals surface area contributed by atoms with E-state index in [0.29, 0.717) is 0 Å². The van der Waals surface area contributed by atoms with Crippen LogP contribution in [0.25, 0.3) is 0 Å². The van der Waals surface area contributed by atoms with Crippen molar-refractivity contribution in [1.29, 1.82) is 0 Å². The Bertz CT molecular complexity index is 366. The summed E-state index contributed by atoms with van der Waals surface area (Å²) in [5.74, 6) is 0.0843. The second-order valence-electron chi connectivity index (χ2n) is 4.54. The van der Waals surface area contributed by atoms with Crippen LogP contribution >= 0.6 is 11.3 Å². The average Bonchev–Trinajstić information content (AvgIpc) is 2.96. The van der Waals surface area contributed by atoms with Crippen LogP contribution < -0.4 is 11.1 Å². The van der Waals surface area contributed by atoms with Crippen LogP contribution in [0, 0.1) is 5.92 Å². The third-order valence-electron chi connectivity index (χ3n) is 3.38. The molecule has 0 aliphatic heterocycles. The second-order valence-corrected chi connectivity index (χ2v) is 5.47. The van der Waals surface area contributed by atoms with Crippen molar-refractivity contribution in [3.05, 3.63) is 16.6 Å². The second kappa shape index (κ2) is 5.60. The number of hydrogen-bond acceptors (Lipinski definition) is 4. The molecule has 1 fully saturated rings. The minimum Gasteiger partial charge on any atom is -0.347 e. The minimum absolute atomic E-state index is 0.0102. The zero-order chi connectivity index (χ0) is 12.3. The van der Waals surface area contributed by atoms with E-state index in [4.69, 9.17) is 5.73 Å². The summed E-state index contributed by atoms with van der Waals surface area (Å²) in [6, 6.07) is 0.0686. The van der Waals surface area contributed by atoms with E-state index in [1.807, 2.05) is 5.38 Å². The molecule has 0 aromatic carbocycles. The number of nitrogens with zero attached hydrogens (tertiary/aromatic N) is 1. The molecule has 3 atom stereocenters. The van der Waals surface area contributed by atoms with Crippen LogP contribution in [0.15, 0.2) is 11.6 Å². The molecule has 1 amide bonds. The van der Waals surface area contributed by atoms with Crippen LogP contribution in [0.2, 0.25) is 0 Å². The normalized spacial score (nSPS) is 25.8. The Labute approximate surface area is 106 Å². The van der Waals surface area contributed by atoms with E-state index in [1.165, 1.54) is 0 Å². The van der Waals surface area contributed by atoms with E-state index >= 15 is 0 Å². The monoisotopic (exact) mass is 253 g/mol. The third kappa shape index (κ3) is 2.84. The van der Waals surface area contributed by atoms with E-state index in [0.717, 1.165) is 30.7 Å². The smallest absolute Gasteiger partial charge is 0.225 e. The van der Waals surface area contributed by atoms with Crippen LogP contribution in [0.5, 0.6) is 0 Å². The number of nitrogens with two attached hydrogens (primary N) is 1. The predicted octanol–water partition coefficient (Wildman–Crippen LogP) is 1.84. The van der Waals surface area contributed by atoms with Gasteiger partial charge in [0.05, 0.1) is 12.0 Å². The van der Waals surface area contributed by atoms with E-state index < -0.39 is 0 Å². The minimum atomic E-state index is -0.0102. The molecule has 3 unspecified atom stereocenters. The molecule has 0 bridgehead atoms. The molecule has 3 N–H and O–H groups in total. The summed E-state index contributed by atoms with van der Waals surface area (Å²) >= 11 is 1.58. The largest absolute Gasteiger partial charge is 0.347 e. The fourth-order valence-electron chi connectivity index (χ4n) is 2.34. The maximum absolute atomic E-state index is 12.1. The summed E-state index contributed by atoms with van der Waals surface area (Å²) in [5, 5.41) is 5.99. The van der Waals surface area contributed by atoms with Crippen LogP contribution in [0.3, 0.4) is 0 Å². The molecule has 5 heteroatoms. The lowest BCUT2D eigenvalue weighted by Crippen LogP contribution is -2.40. The molecule has 1 aliphatic carbocycles. The van der Waals surface area contributed by atoms with Gasteiger partial charge in [0.15, 0.2) is 0 Å². The number of nitrogens with one attached hydrogen (secondary N) is 1. The molecule has 0 radical (unpaired) electrons. The highest BCUT2D eigenvalue weighted by Gasteiger charge is 2.31. The zero-order valence-corrected chi connectivity index (χ0v) is 10.9. The summed E-state index contributed by atoms with van der Waals surface area (Å²) in [6.07, 6.45) is 5.58. The van der Waals surface area contributed by atoms with Crippen LogP contribution in [-0.4, -0.2) is 16.9 Å².